The van der Waals surface area contributed by atoms with Crippen LogP contribution >= 0.6 is 11.6 Å². The lowest BCUT2D eigenvalue weighted by Crippen LogP contribution is -1.64. The molecule has 0 saturated carbocycles. The van der Waals surface area contributed by atoms with E-state index in [9.17, 15) is 17.6 Å². The maximum absolute atomic E-state index is 10.3. The van der Waals surface area contributed by atoms with Gasteiger partial charge in [0.1, 0.15) is 0 Å². The first-order valence-electron chi connectivity index (χ1n) is 3.76. The summed E-state index contributed by atoms with van der Waals surface area (Å²) < 4.78 is 41.1. The number of benzene rings is 1. The van der Waals surface area contributed by atoms with Crippen molar-refractivity contribution in [3.63, 3.8) is 0 Å². The van der Waals surface area contributed by atoms with Crippen LogP contribution in [-0.2, 0) is 0 Å². The van der Waals surface area contributed by atoms with Crippen molar-refractivity contribution >= 4 is 17.7 Å². The Labute approximate surface area is 89.5 Å². The van der Waals surface area contributed by atoms with Gasteiger partial charge in [-0.2, -0.15) is 17.6 Å². The fourth-order valence-corrected chi connectivity index (χ4v) is 0.782. The summed E-state index contributed by atoms with van der Waals surface area (Å²) in [5.74, 6) is 0. The maximum atomic E-state index is 10.3. The minimum Gasteiger partial charge on any atom is -0.167 e. The van der Waals surface area contributed by atoms with Gasteiger partial charge in [-0.25, -0.2) is 0 Å². The van der Waals surface area contributed by atoms with Gasteiger partial charge in [0.05, 0.1) is 0 Å². The molecule has 0 N–H and O–H groups in total. The zero-order valence-electron chi connectivity index (χ0n) is 7.43. The minimum absolute atomic E-state index is 1.13. The Morgan fingerprint density at radius 2 is 1.40 bits per heavy atom. The van der Waals surface area contributed by atoms with E-state index in [1.807, 2.05) is 36.4 Å². The van der Waals surface area contributed by atoms with E-state index in [1.54, 1.807) is 0 Å². The lowest BCUT2D eigenvalue weighted by molar-refractivity contribution is 0.308. The second kappa shape index (κ2) is 8.05. The topological polar surface area (TPSA) is 0 Å². The van der Waals surface area contributed by atoms with Crippen LogP contribution in [-0.4, -0.2) is 0 Å². The van der Waals surface area contributed by atoms with Gasteiger partial charge >= 0.3 is 12.2 Å². The Kier molecular flexibility index (Phi) is 7.36. The molecule has 0 atom stereocenters. The second-order valence-corrected chi connectivity index (χ2v) is 2.48. The SMILES string of the molecule is ClC=Cc1ccccc1.FC(F)=C(F)F. The normalized spacial score (nSPS) is 9.40. The molecule has 0 aliphatic heterocycles. The van der Waals surface area contributed by atoms with E-state index in [-0.39, 0.29) is 0 Å². The van der Waals surface area contributed by atoms with Crippen molar-refractivity contribution in [3.05, 3.63) is 53.6 Å². The molecule has 0 aromatic heterocycles. The monoisotopic (exact) mass is 238 g/mol. The summed E-state index contributed by atoms with van der Waals surface area (Å²) >= 11 is 5.36. The average molecular weight is 239 g/mol. The molecule has 0 fully saturated rings. The highest BCUT2D eigenvalue weighted by atomic mass is 35.5. The molecule has 15 heavy (non-hydrogen) atoms. The van der Waals surface area contributed by atoms with Crippen LogP contribution in [0.1, 0.15) is 5.56 Å². The summed E-state index contributed by atoms with van der Waals surface area (Å²) in [6.45, 7) is 0. The van der Waals surface area contributed by atoms with Gasteiger partial charge in [-0.15, -0.1) is 0 Å². The maximum Gasteiger partial charge on any atom is 0.334 e. The Hall–Kier alpha value is -1.29. The number of hydrogen-bond acceptors (Lipinski definition) is 0. The molecular formula is C10H7ClF4. The predicted octanol–water partition coefficient (Wildman–Crippen LogP) is 4.89. The molecule has 0 saturated heterocycles. The van der Waals surface area contributed by atoms with Crippen LogP contribution in [0.3, 0.4) is 0 Å². The quantitative estimate of drug-likeness (QED) is 0.611. The molecule has 5 heteroatoms. The van der Waals surface area contributed by atoms with Crippen molar-refractivity contribution in [2.45, 2.75) is 0 Å². The highest BCUT2D eigenvalue weighted by Gasteiger charge is 1.98. The molecule has 1 aromatic carbocycles. The number of hydrogen-bond donors (Lipinski definition) is 0. The first kappa shape index (κ1) is 13.7. The summed E-state index contributed by atoms with van der Waals surface area (Å²) in [6.07, 6.45) is -3.97. The molecule has 0 unspecified atom stereocenters. The average Bonchev–Trinajstić information content (AvgIpc) is 2.20. The fraction of sp³-hybridized carbons (Fsp3) is 0. The Balaban J connectivity index is 0.000000288. The van der Waals surface area contributed by atoms with E-state index >= 15 is 0 Å². The minimum atomic E-state index is -2.91. The summed E-state index contributed by atoms with van der Waals surface area (Å²) in [5.41, 5.74) is 2.64. The lowest BCUT2D eigenvalue weighted by atomic mass is 10.2. The van der Waals surface area contributed by atoms with Gasteiger partial charge in [0.25, 0.3) is 0 Å². The van der Waals surface area contributed by atoms with E-state index in [0.717, 1.165) is 5.56 Å². The third-order valence-corrected chi connectivity index (χ3v) is 1.32. The summed E-state index contributed by atoms with van der Waals surface area (Å²) in [4.78, 5) is 0. The third-order valence-electron chi connectivity index (χ3n) is 1.20. The van der Waals surface area contributed by atoms with E-state index in [4.69, 9.17) is 11.6 Å². The van der Waals surface area contributed by atoms with Gasteiger partial charge in [0, 0.05) is 5.54 Å². The van der Waals surface area contributed by atoms with Crippen LogP contribution < -0.4 is 0 Å². The first-order valence-corrected chi connectivity index (χ1v) is 4.19. The van der Waals surface area contributed by atoms with E-state index in [2.05, 4.69) is 0 Å². The molecule has 1 rings (SSSR count). The second-order valence-electron chi connectivity index (χ2n) is 2.22. The van der Waals surface area contributed by atoms with Crippen molar-refractivity contribution in [2.75, 3.05) is 0 Å². The van der Waals surface area contributed by atoms with Crippen LogP contribution in [0.15, 0.2) is 48.0 Å². The lowest BCUT2D eigenvalue weighted by Gasteiger charge is -1.86. The number of halogens is 5. The predicted molar refractivity (Wildman–Crippen MR) is 52.8 cm³/mol. The molecule has 1 aromatic rings. The summed E-state index contributed by atoms with van der Waals surface area (Å²) in [7, 11) is 0. The Morgan fingerprint density at radius 3 is 1.73 bits per heavy atom. The van der Waals surface area contributed by atoms with E-state index < -0.39 is 12.2 Å². The van der Waals surface area contributed by atoms with E-state index in [1.165, 1.54) is 5.54 Å². The molecule has 0 aliphatic rings. The summed E-state index contributed by atoms with van der Waals surface area (Å²) in [6, 6.07) is 9.93. The first-order chi connectivity index (χ1) is 7.07. The zero-order valence-corrected chi connectivity index (χ0v) is 8.19. The van der Waals surface area contributed by atoms with Crippen LogP contribution in [0, 0.1) is 0 Å². The van der Waals surface area contributed by atoms with Crippen molar-refractivity contribution in [2.24, 2.45) is 0 Å². The molecule has 82 valence electrons. The molecule has 0 aliphatic carbocycles. The third kappa shape index (κ3) is 7.76. The van der Waals surface area contributed by atoms with Gasteiger partial charge in [-0.1, -0.05) is 41.9 Å². The van der Waals surface area contributed by atoms with Crippen LogP contribution in [0.25, 0.3) is 6.08 Å². The van der Waals surface area contributed by atoms with Crippen molar-refractivity contribution < 1.29 is 17.6 Å². The van der Waals surface area contributed by atoms with Crippen LogP contribution in [0.2, 0.25) is 0 Å². The zero-order chi connectivity index (χ0) is 11.7. The smallest absolute Gasteiger partial charge is 0.167 e. The van der Waals surface area contributed by atoms with Gasteiger partial charge in [-0.05, 0) is 11.6 Å². The standard InChI is InChI=1S/C8H7Cl.C2F4/c9-7-6-8-4-2-1-3-5-8;3-1(4)2(5)6/h1-7H;. The molecule has 0 heterocycles. The highest BCUT2D eigenvalue weighted by molar-refractivity contribution is 6.27. The van der Waals surface area contributed by atoms with Gasteiger partial charge in [-0.3, -0.25) is 0 Å². The van der Waals surface area contributed by atoms with Crippen LogP contribution in [0.4, 0.5) is 17.6 Å². The molecule has 0 bridgehead atoms. The fourth-order valence-electron chi connectivity index (χ4n) is 0.637. The van der Waals surface area contributed by atoms with E-state index in [0.29, 0.717) is 0 Å². The highest BCUT2D eigenvalue weighted by Crippen LogP contribution is 2.08. The molecule has 0 amide bonds. The van der Waals surface area contributed by atoms with Crippen molar-refractivity contribution in [3.8, 4) is 0 Å². The Morgan fingerprint density at radius 1 is 0.933 bits per heavy atom. The van der Waals surface area contributed by atoms with Gasteiger partial charge in [0.15, 0.2) is 0 Å². The van der Waals surface area contributed by atoms with Gasteiger partial charge < -0.3 is 0 Å². The van der Waals surface area contributed by atoms with Crippen molar-refractivity contribution in [1.82, 2.24) is 0 Å². The molecule has 0 spiro atoms. The Bertz CT molecular complexity index is 315. The molecule has 0 nitrogen and oxygen atoms in total. The summed E-state index contributed by atoms with van der Waals surface area (Å²) in [5, 5.41) is 0. The molecule has 0 radical (unpaired) electrons. The van der Waals surface area contributed by atoms with Crippen LogP contribution in [0.5, 0.6) is 0 Å². The number of rotatable bonds is 1. The van der Waals surface area contributed by atoms with Crippen molar-refractivity contribution in [1.29, 1.82) is 0 Å². The molecular weight excluding hydrogens is 232 g/mol. The largest absolute Gasteiger partial charge is 0.334 e. The van der Waals surface area contributed by atoms with Gasteiger partial charge in [0.2, 0.25) is 0 Å².